The Bertz CT molecular complexity index is 1480. The fourth-order valence-electron chi connectivity index (χ4n) is 6.09. The maximum absolute atomic E-state index is 12.8. The Labute approximate surface area is 214 Å². The number of nitrogens with two attached hydrogens (primary N) is 1. The first-order chi connectivity index (χ1) is 18.0. The Balaban J connectivity index is 1.41. The topological polar surface area (TPSA) is 119 Å². The number of hydrogen-bond donors (Lipinski definition) is 2. The van der Waals surface area contributed by atoms with Crippen molar-refractivity contribution in [3.63, 3.8) is 0 Å². The highest BCUT2D eigenvalue weighted by Gasteiger charge is 2.44. The molecular weight excluding hydrogens is 466 g/mol. The van der Waals surface area contributed by atoms with Gasteiger partial charge >= 0.3 is 6.03 Å². The highest BCUT2D eigenvalue weighted by Crippen LogP contribution is 2.44. The molecule has 9 nitrogen and oxygen atoms in total. The number of rotatable bonds is 4. The molecule has 2 amide bonds. The normalized spacial score (nSPS) is 20.8. The first-order valence-electron chi connectivity index (χ1n) is 12.7. The van der Waals surface area contributed by atoms with Gasteiger partial charge in [-0.15, -0.1) is 0 Å². The van der Waals surface area contributed by atoms with Crippen LogP contribution in [0.4, 0.5) is 10.6 Å². The average Bonchev–Trinajstić information content (AvgIpc) is 3.46. The second-order valence-electron chi connectivity index (χ2n) is 9.92. The van der Waals surface area contributed by atoms with Crippen LogP contribution in [0.2, 0.25) is 0 Å². The Hall–Kier alpha value is -4.27. The summed E-state index contributed by atoms with van der Waals surface area (Å²) < 4.78 is 1.55. The number of ketones is 1. The summed E-state index contributed by atoms with van der Waals surface area (Å²) in [5, 5.41) is 7.25. The maximum atomic E-state index is 12.8. The van der Waals surface area contributed by atoms with E-state index in [9.17, 15) is 9.59 Å². The zero-order valence-corrected chi connectivity index (χ0v) is 20.9. The number of aromatic nitrogens is 4. The lowest BCUT2D eigenvalue weighted by Crippen LogP contribution is -2.49. The van der Waals surface area contributed by atoms with Gasteiger partial charge < -0.3 is 16.0 Å². The molecule has 188 valence electrons. The summed E-state index contributed by atoms with van der Waals surface area (Å²) >= 11 is 0. The Morgan fingerprint density at radius 2 is 1.73 bits per heavy atom. The summed E-state index contributed by atoms with van der Waals surface area (Å²) in [5.74, 6) is 0.202. The van der Waals surface area contributed by atoms with Crippen molar-refractivity contribution < 1.29 is 9.59 Å². The second-order valence-corrected chi connectivity index (χ2v) is 9.92. The van der Waals surface area contributed by atoms with E-state index in [4.69, 9.17) is 10.7 Å². The van der Waals surface area contributed by atoms with E-state index in [0.717, 1.165) is 48.1 Å². The fourth-order valence-corrected chi connectivity index (χ4v) is 6.09. The first-order valence-corrected chi connectivity index (χ1v) is 12.7. The molecule has 6 rings (SSSR count). The zero-order valence-electron chi connectivity index (χ0n) is 20.9. The second kappa shape index (κ2) is 8.99. The number of Topliss-reactive ketones (excluding diaryl/α,β-unsaturated/α-hetero) is 1. The zero-order chi connectivity index (χ0) is 25.7. The highest BCUT2D eigenvalue weighted by atomic mass is 16.2. The fraction of sp³-hybridized carbons (Fsp3) is 0.321. The monoisotopic (exact) mass is 495 g/mol. The minimum atomic E-state index is -0.131. The van der Waals surface area contributed by atoms with Gasteiger partial charge in [-0.05, 0) is 38.7 Å². The summed E-state index contributed by atoms with van der Waals surface area (Å²) in [5.41, 5.74) is 11.9. The van der Waals surface area contributed by atoms with Crippen LogP contribution < -0.4 is 11.1 Å². The van der Waals surface area contributed by atoms with Gasteiger partial charge in [0.05, 0.1) is 23.1 Å². The van der Waals surface area contributed by atoms with E-state index in [1.165, 1.54) is 6.92 Å². The molecule has 3 atom stereocenters. The summed E-state index contributed by atoms with van der Waals surface area (Å²) in [6.45, 7) is 1.52. The van der Waals surface area contributed by atoms with E-state index in [-0.39, 0.29) is 29.8 Å². The molecule has 3 aromatic heterocycles. The molecule has 1 aromatic carbocycles. The van der Waals surface area contributed by atoms with Gasteiger partial charge in [0.15, 0.2) is 11.4 Å². The quantitative estimate of drug-likeness (QED) is 0.408. The summed E-state index contributed by atoms with van der Waals surface area (Å²) in [4.78, 5) is 36.9. The van der Waals surface area contributed by atoms with Gasteiger partial charge in [0, 0.05) is 47.9 Å². The molecule has 2 fully saturated rings. The van der Waals surface area contributed by atoms with E-state index in [1.54, 1.807) is 17.8 Å². The summed E-state index contributed by atoms with van der Waals surface area (Å²) in [6.07, 6.45) is 6.96. The lowest BCUT2D eigenvalue weighted by Gasteiger charge is -2.38. The third kappa shape index (κ3) is 3.82. The number of piperidine rings is 1. The minimum absolute atomic E-state index is 0.0333. The van der Waals surface area contributed by atoms with Crippen molar-refractivity contribution in [1.82, 2.24) is 29.8 Å². The SMILES string of the molecule is CNC(=O)N1[C@@H]2CC[C@H]1C[C@@H](c1nc3c(-c4ccc(-c5ccccc5)nc4)cnn3c(N)c1C(C)=O)C2. The lowest BCUT2D eigenvalue weighted by atomic mass is 9.85. The van der Waals surface area contributed by atoms with Gasteiger partial charge in [-0.1, -0.05) is 36.4 Å². The number of pyridine rings is 1. The number of nitrogens with zero attached hydrogens (tertiary/aromatic N) is 5. The van der Waals surface area contributed by atoms with Crippen molar-refractivity contribution in [3.8, 4) is 22.4 Å². The smallest absolute Gasteiger partial charge is 0.317 e. The van der Waals surface area contributed by atoms with E-state index < -0.39 is 0 Å². The molecule has 3 N–H and O–H groups in total. The van der Waals surface area contributed by atoms with E-state index in [2.05, 4.69) is 15.4 Å². The van der Waals surface area contributed by atoms with Crippen LogP contribution in [0.3, 0.4) is 0 Å². The van der Waals surface area contributed by atoms with Crippen molar-refractivity contribution in [2.75, 3.05) is 12.8 Å². The average molecular weight is 496 g/mol. The van der Waals surface area contributed by atoms with Crippen molar-refractivity contribution in [1.29, 1.82) is 0 Å². The molecule has 0 unspecified atom stereocenters. The molecule has 5 heterocycles. The molecule has 0 saturated carbocycles. The van der Waals surface area contributed by atoms with Crippen LogP contribution in [0.5, 0.6) is 0 Å². The van der Waals surface area contributed by atoms with Crippen LogP contribution >= 0.6 is 0 Å². The number of benzene rings is 1. The Kier molecular flexibility index (Phi) is 5.62. The number of amides is 2. The van der Waals surface area contributed by atoms with Crippen molar-refractivity contribution in [2.45, 2.75) is 50.6 Å². The van der Waals surface area contributed by atoms with Gasteiger partial charge in [0.25, 0.3) is 0 Å². The van der Waals surface area contributed by atoms with Crippen molar-refractivity contribution >= 4 is 23.3 Å². The van der Waals surface area contributed by atoms with Crippen molar-refractivity contribution in [2.24, 2.45) is 0 Å². The number of carbonyl (C=O) groups excluding carboxylic acids is 2. The minimum Gasteiger partial charge on any atom is -0.383 e. The first kappa shape index (κ1) is 23.1. The molecule has 0 spiro atoms. The predicted molar refractivity (Wildman–Crippen MR) is 141 cm³/mol. The number of hydrogen-bond acceptors (Lipinski definition) is 6. The highest BCUT2D eigenvalue weighted by molar-refractivity contribution is 6.00. The number of carbonyl (C=O) groups is 2. The number of nitrogens with one attached hydrogen (secondary N) is 1. The molecule has 37 heavy (non-hydrogen) atoms. The molecule has 0 radical (unpaired) electrons. The standard InChI is InChI=1S/C28H29N7O2/c1-16(36)24-25(19-12-20-9-10-21(13-19)34(20)28(37)30-2)33-27-22(15-32-35(27)26(24)29)18-8-11-23(31-14-18)17-6-4-3-5-7-17/h3-8,11,14-15,19-21H,9-10,12-13,29H2,1-2H3,(H,30,37)/t19-,20+,21-. The molecular formula is C28H29N7O2. The van der Waals surface area contributed by atoms with E-state index in [1.807, 2.05) is 53.6 Å². The van der Waals surface area contributed by atoms with Crippen LogP contribution in [-0.2, 0) is 0 Å². The third-order valence-corrected chi connectivity index (χ3v) is 7.77. The molecule has 2 bridgehead atoms. The molecule has 4 aromatic rings. The summed E-state index contributed by atoms with van der Waals surface area (Å²) in [7, 11) is 1.67. The third-order valence-electron chi connectivity index (χ3n) is 7.77. The lowest BCUT2D eigenvalue weighted by molar-refractivity contribution is 0.101. The van der Waals surface area contributed by atoms with Gasteiger partial charge in [-0.3, -0.25) is 9.78 Å². The Morgan fingerprint density at radius 1 is 1.00 bits per heavy atom. The maximum Gasteiger partial charge on any atom is 0.317 e. The van der Waals surface area contributed by atoms with E-state index >= 15 is 0 Å². The number of urea groups is 1. The molecule has 2 saturated heterocycles. The largest absolute Gasteiger partial charge is 0.383 e. The molecule has 0 aliphatic carbocycles. The summed E-state index contributed by atoms with van der Waals surface area (Å²) in [6, 6.07) is 14.2. The van der Waals surface area contributed by atoms with Gasteiger partial charge in [0.2, 0.25) is 0 Å². The van der Waals surface area contributed by atoms with Crippen LogP contribution in [0.25, 0.3) is 28.0 Å². The number of anilines is 1. The number of fused-ring (bicyclic) bond motifs is 3. The van der Waals surface area contributed by atoms with E-state index in [0.29, 0.717) is 22.7 Å². The van der Waals surface area contributed by atoms with Crippen LogP contribution in [0.1, 0.15) is 54.6 Å². The molecule has 2 aliphatic rings. The molecule has 2 aliphatic heterocycles. The molecule has 9 heteroatoms. The van der Waals surface area contributed by atoms with Crippen molar-refractivity contribution in [3.05, 3.63) is 66.1 Å². The van der Waals surface area contributed by atoms with Crippen LogP contribution in [-0.4, -0.2) is 55.4 Å². The number of nitrogen functional groups attached to an aromatic ring is 1. The van der Waals surface area contributed by atoms with Gasteiger partial charge in [-0.25, -0.2) is 9.78 Å². The predicted octanol–water partition coefficient (Wildman–Crippen LogP) is 4.29. The van der Waals surface area contributed by atoms with Gasteiger partial charge in [-0.2, -0.15) is 9.61 Å². The van der Waals surface area contributed by atoms with Crippen LogP contribution in [0.15, 0.2) is 54.9 Å². The van der Waals surface area contributed by atoms with Crippen LogP contribution in [0, 0.1) is 0 Å². The van der Waals surface area contributed by atoms with Gasteiger partial charge in [0.1, 0.15) is 5.82 Å². The Morgan fingerprint density at radius 3 is 2.35 bits per heavy atom.